The van der Waals surface area contributed by atoms with E-state index in [-0.39, 0.29) is 5.56 Å². The third kappa shape index (κ3) is 2.52. The van der Waals surface area contributed by atoms with E-state index in [1.807, 2.05) is 6.92 Å². The normalized spacial score (nSPS) is 15.9. The van der Waals surface area contributed by atoms with Crippen LogP contribution in [-0.4, -0.2) is 47.2 Å². The van der Waals surface area contributed by atoms with E-state index < -0.39 is 5.97 Å². The standard InChI is InChI=1S/C11H16N4O2/c1-2-9-8(10(16)17)7-13-11(14-9)15-5-3-12-4-6-15/h7,12H,2-6H2,1H3,(H,16,17). The first-order valence-electron chi connectivity index (χ1n) is 5.77. The minimum atomic E-state index is -0.964. The van der Waals surface area contributed by atoms with Crippen molar-refractivity contribution in [2.75, 3.05) is 31.1 Å². The second kappa shape index (κ2) is 5.09. The van der Waals surface area contributed by atoms with Crippen LogP contribution in [0, 0.1) is 0 Å². The fourth-order valence-corrected chi connectivity index (χ4v) is 1.87. The first-order chi connectivity index (χ1) is 8.22. The summed E-state index contributed by atoms with van der Waals surface area (Å²) in [7, 11) is 0. The van der Waals surface area contributed by atoms with Gasteiger partial charge in [0.25, 0.3) is 0 Å². The zero-order valence-electron chi connectivity index (χ0n) is 9.81. The van der Waals surface area contributed by atoms with E-state index in [2.05, 4.69) is 20.2 Å². The summed E-state index contributed by atoms with van der Waals surface area (Å²) in [5.74, 6) is -0.331. The van der Waals surface area contributed by atoms with E-state index in [1.165, 1.54) is 6.20 Å². The van der Waals surface area contributed by atoms with Crippen LogP contribution in [-0.2, 0) is 6.42 Å². The summed E-state index contributed by atoms with van der Waals surface area (Å²) in [6.45, 7) is 5.43. The molecule has 0 amide bonds. The lowest BCUT2D eigenvalue weighted by atomic mass is 10.2. The van der Waals surface area contributed by atoms with Crippen molar-refractivity contribution in [3.63, 3.8) is 0 Å². The average molecular weight is 236 g/mol. The second-order valence-electron chi connectivity index (χ2n) is 3.93. The summed E-state index contributed by atoms with van der Waals surface area (Å²) in [6.07, 6.45) is 2.01. The van der Waals surface area contributed by atoms with Crippen LogP contribution >= 0.6 is 0 Å². The van der Waals surface area contributed by atoms with Crippen LogP contribution in [0.15, 0.2) is 6.20 Å². The van der Waals surface area contributed by atoms with Gasteiger partial charge in [-0.05, 0) is 6.42 Å². The molecule has 1 fully saturated rings. The number of rotatable bonds is 3. The predicted molar refractivity (Wildman–Crippen MR) is 63.5 cm³/mol. The summed E-state index contributed by atoms with van der Waals surface area (Å²) >= 11 is 0. The van der Waals surface area contributed by atoms with Crippen molar-refractivity contribution >= 4 is 11.9 Å². The lowest BCUT2D eigenvalue weighted by Crippen LogP contribution is -2.44. The Kier molecular flexibility index (Phi) is 3.53. The molecule has 2 heterocycles. The van der Waals surface area contributed by atoms with Crippen molar-refractivity contribution in [2.24, 2.45) is 0 Å². The number of nitrogens with zero attached hydrogens (tertiary/aromatic N) is 3. The van der Waals surface area contributed by atoms with E-state index in [4.69, 9.17) is 5.11 Å². The molecule has 6 nitrogen and oxygen atoms in total. The Labute approximate surface area is 99.7 Å². The van der Waals surface area contributed by atoms with Crippen molar-refractivity contribution in [1.29, 1.82) is 0 Å². The molecule has 2 rings (SSSR count). The highest BCUT2D eigenvalue weighted by Gasteiger charge is 2.17. The molecule has 0 aliphatic carbocycles. The highest BCUT2D eigenvalue weighted by molar-refractivity contribution is 5.88. The van der Waals surface area contributed by atoms with Gasteiger partial charge in [0, 0.05) is 32.4 Å². The molecule has 92 valence electrons. The largest absolute Gasteiger partial charge is 0.478 e. The lowest BCUT2D eigenvalue weighted by molar-refractivity contribution is 0.0694. The Morgan fingerprint density at radius 1 is 1.53 bits per heavy atom. The molecule has 0 atom stereocenters. The SMILES string of the molecule is CCc1nc(N2CCNCC2)ncc1C(=O)O. The number of carboxylic acids is 1. The fourth-order valence-electron chi connectivity index (χ4n) is 1.87. The van der Waals surface area contributed by atoms with Crippen molar-refractivity contribution in [1.82, 2.24) is 15.3 Å². The van der Waals surface area contributed by atoms with Gasteiger partial charge in [-0.25, -0.2) is 14.8 Å². The number of piperazine rings is 1. The van der Waals surface area contributed by atoms with Gasteiger partial charge in [-0.3, -0.25) is 0 Å². The minimum Gasteiger partial charge on any atom is -0.478 e. The highest BCUT2D eigenvalue weighted by Crippen LogP contribution is 2.13. The topological polar surface area (TPSA) is 78.4 Å². The predicted octanol–water partition coefficient (Wildman–Crippen LogP) is 0.147. The Morgan fingerprint density at radius 3 is 2.82 bits per heavy atom. The van der Waals surface area contributed by atoms with Crippen molar-refractivity contribution in [3.8, 4) is 0 Å². The number of aryl methyl sites for hydroxylation is 1. The fraction of sp³-hybridized carbons (Fsp3) is 0.545. The van der Waals surface area contributed by atoms with Crippen LogP contribution in [0.4, 0.5) is 5.95 Å². The van der Waals surface area contributed by atoms with Crippen LogP contribution in [0.3, 0.4) is 0 Å². The number of anilines is 1. The van der Waals surface area contributed by atoms with Gasteiger partial charge >= 0.3 is 5.97 Å². The summed E-state index contributed by atoms with van der Waals surface area (Å²) in [6, 6.07) is 0. The number of nitrogens with one attached hydrogen (secondary N) is 1. The molecule has 0 unspecified atom stereocenters. The quantitative estimate of drug-likeness (QED) is 0.777. The van der Waals surface area contributed by atoms with Gasteiger partial charge in [0.15, 0.2) is 0 Å². The maximum absolute atomic E-state index is 11.0. The number of carbonyl (C=O) groups is 1. The minimum absolute atomic E-state index is 0.200. The Hall–Kier alpha value is -1.69. The van der Waals surface area contributed by atoms with Crippen LogP contribution in [0.2, 0.25) is 0 Å². The molecule has 6 heteroatoms. The Balaban J connectivity index is 2.27. The molecule has 1 aliphatic heterocycles. The van der Waals surface area contributed by atoms with Crippen LogP contribution in [0.5, 0.6) is 0 Å². The molecule has 1 aliphatic rings. The first kappa shape index (κ1) is 11.8. The summed E-state index contributed by atoms with van der Waals surface area (Å²) in [5.41, 5.74) is 0.799. The van der Waals surface area contributed by atoms with Gasteiger partial charge in [0.05, 0.1) is 11.3 Å². The number of aromatic nitrogens is 2. The zero-order valence-corrected chi connectivity index (χ0v) is 9.81. The molecular formula is C11H16N4O2. The molecule has 1 aromatic heterocycles. The molecule has 0 aromatic carbocycles. The maximum Gasteiger partial charge on any atom is 0.339 e. The molecule has 2 N–H and O–H groups in total. The van der Waals surface area contributed by atoms with Gasteiger partial charge in [-0.15, -0.1) is 0 Å². The number of carboxylic acid groups (broad SMARTS) is 1. The molecule has 1 saturated heterocycles. The summed E-state index contributed by atoms with van der Waals surface area (Å²) in [5, 5.41) is 12.2. The van der Waals surface area contributed by atoms with Crippen molar-refractivity contribution < 1.29 is 9.90 Å². The van der Waals surface area contributed by atoms with Gasteiger partial charge in [0.2, 0.25) is 5.95 Å². The van der Waals surface area contributed by atoms with E-state index in [0.717, 1.165) is 26.2 Å². The second-order valence-corrected chi connectivity index (χ2v) is 3.93. The van der Waals surface area contributed by atoms with Gasteiger partial charge in [-0.2, -0.15) is 0 Å². The van der Waals surface area contributed by atoms with E-state index in [9.17, 15) is 4.79 Å². The first-order valence-corrected chi connectivity index (χ1v) is 5.77. The van der Waals surface area contributed by atoms with Crippen molar-refractivity contribution in [3.05, 3.63) is 17.5 Å². The molecule has 0 spiro atoms. The number of aromatic carboxylic acids is 1. The third-order valence-corrected chi connectivity index (χ3v) is 2.82. The lowest BCUT2D eigenvalue weighted by Gasteiger charge is -2.27. The molecule has 0 radical (unpaired) electrons. The monoisotopic (exact) mass is 236 g/mol. The summed E-state index contributed by atoms with van der Waals surface area (Å²) < 4.78 is 0. The molecule has 0 saturated carbocycles. The highest BCUT2D eigenvalue weighted by atomic mass is 16.4. The maximum atomic E-state index is 11.0. The third-order valence-electron chi connectivity index (χ3n) is 2.82. The van der Waals surface area contributed by atoms with E-state index in [1.54, 1.807) is 0 Å². The molecule has 0 bridgehead atoms. The van der Waals surface area contributed by atoms with Gasteiger partial charge in [-0.1, -0.05) is 6.92 Å². The van der Waals surface area contributed by atoms with Crippen molar-refractivity contribution in [2.45, 2.75) is 13.3 Å². The summed E-state index contributed by atoms with van der Waals surface area (Å²) in [4.78, 5) is 21.5. The number of hydrogen-bond acceptors (Lipinski definition) is 5. The molecular weight excluding hydrogens is 220 g/mol. The molecule has 17 heavy (non-hydrogen) atoms. The Morgan fingerprint density at radius 2 is 2.24 bits per heavy atom. The van der Waals surface area contributed by atoms with Crippen LogP contribution in [0.1, 0.15) is 23.0 Å². The Bertz CT molecular complexity index is 416. The van der Waals surface area contributed by atoms with Crippen LogP contribution in [0.25, 0.3) is 0 Å². The van der Waals surface area contributed by atoms with Gasteiger partial charge in [0.1, 0.15) is 0 Å². The smallest absolute Gasteiger partial charge is 0.339 e. The van der Waals surface area contributed by atoms with Crippen LogP contribution < -0.4 is 10.2 Å². The van der Waals surface area contributed by atoms with Gasteiger partial charge < -0.3 is 15.3 Å². The van der Waals surface area contributed by atoms with E-state index >= 15 is 0 Å². The number of hydrogen-bond donors (Lipinski definition) is 2. The average Bonchev–Trinajstić information content (AvgIpc) is 2.39. The molecule has 1 aromatic rings. The zero-order chi connectivity index (χ0) is 12.3. The van der Waals surface area contributed by atoms with E-state index in [0.29, 0.717) is 18.1 Å².